The summed E-state index contributed by atoms with van der Waals surface area (Å²) >= 11 is 11.9. The zero-order valence-electron chi connectivity index (χ0n) is 12.0. The van der Waals surface area contributed by atoms with Crippen molar-refractivity contribution in [3.63, 3.8) is 0 Å². The van der Waals surface area contributed by atoms with Crippen molar-refractivity contribution in [3.8, 4) is 0 Å². The fraction of sp³-hybridized carbons (Fsp3) is 0.286. The second-order valence-electron chi connectivity index (χ2n) is 4.73. The van der Waals surface area contributed by atoms with Gasteiger partial charge in [0.2, 0.25) is 0 Å². The Kier molecular flexibility index (Phi) is 5.65. The predicted molar refractivity (Wildman–Crippen MR) is 86.2 cm³/mol. The molecule has 8 heteroatoms. The number of amides is 2. The number of aliphatic hydroxyl groups is 1. The molecule has 0 bridgehead atoms. The summed E-state index contributed by atoms with van der Waals surface area (Å²) in [5.41, 5.74) is 1.41. The van der Waals surface area contributed by atoms with Crippen molar-refractivity contribution in [1.29, 1.82) is 0 Å². The Morgan fingerprint density at radius 3 is 2.77 bits per heavy atom. The van der Waals surface area contributed by atoms with E-state index in [0.717, 1.165) is 5.56 Å². The summed E-state index contributed by atoms with van der Waals surface area (Å²) in [4.78, 5) is 13.8. The van der Waals surface area contributed by atoms with Crippen LogP contribution in [0.25, 0.3) is 0 Å². The lowest BCUT2D eigenvalue weighted by atomic mass is 10.2. The number of rotatable bonds is 5. The van der Waals surface area contributed by atoms with Crippen LogP contribution in [0.2, 0.25) is 10.0 Å². The summed E-state index contributed by atoms with van der Waals surface area (Å²) in [6, 6.07) is 4.84. The summed E-state index contributed by atoms with van der Waals surface area (Å²) in [7, 11) is 1.76. The minimum Gasteiger partial charge on any atom is -0.395 e. The van der Waals surface area contributed by atoms with Crippen LogP contribution in [0.4, 0.5) is 10.5 Å². The van der Waals surface area contributed by atoms with Gasteiger partial charge in [-0.25, -0.2) is 4.79 Å². The number of aliphatic hydroxyl groups excluding tert-OH is 1. The van der Waals surface area contributed by atoms with E-state index in [4.69, 9.17) is 28.3 Å². The van der Waals surface area contributed by atoms with E-state index in [-0.39, 0.29) is 19.2 Å². The Labute approximate surface area is 138 Å². The minimum atomic E-state index is -0.326. The maximum atomic E-state index is 12.3. The van der Waals surface area contributed by atoms with Crippen molar-refractivity contribution >= 4 is 34.9 Å². The molecule has 2 aromatic rings. The largest absolute Gasteiger partial charge is 0.395 e. The molecule has 0 aliphatic rings. The van der Waals surface area contributed by atoms with Gasteiger partial charge < -0.3 is 15.3 Å². The molecule has 1 aromatic heterocycles. The van der Waals surface area contributed by atoms with E-state index < -0.39 is 0 Å². The summed E-state index contributed by atoms with van der Waals surface area (Å²) in [5.74, 6) is 0. The number of nitrogens with one attached hydrogen (secondary N) is 1. The van der Waals surface area contributed by atoms with E-state index >= 15 is 0 Å². The molecule has 0 atom stereocenters. The molecule has 0 aliphatic carbocycles. The molecule has 0 saturated carbocycles. The Bertz CT molecular complexity index is 660. The minimum absolute atomic E-state index is 0.137. The highest BCUT2D eigenvalue weighted by atomic mass is 35.5. The van der Waals surface area contributed by atoms with Gasteiger partial charge in [-0.1, -0.05) is 29.3 Å². The van der Waals surface area contributed by atoms with Crippen LogP contribution >= 0.6 is 23.2 Å². The SMILES string of the molecule is Cn1cc(NC(=O)N(CCO)Cc2ccc(Cl)c(Cl)c2)cn1. The van der Waals surface area contributed by atoms with E-state index in [0.29, 0.717) is 22.3 Å². The standard InChI is InChI=1S/C14H16Cl2N4O2/c1-19-9-11(7-17-19)18-14(22)20(4-5-21)8-10-2-3-12(15)13(16)6-10/h2-3,6-7,9,21H,4-5,8H2,1H3,(H,18,22). The maximum absolute atomic E-state index is 12.3. The van der Waals surface area contributed by atoms with Crippen LogP contribution in [0.1, 0.15) is 5.56 Å². The van der Waals surface area contributed by atoms with Crippen LogP contribution in [0.3, 0.4) is 0 Å². The van der Waals surface area contributed by atoms with Gasteiger partial charge in [-0.3, -0.25) is 4.68 Å². The van der Waals surface area contributed by atoms with Gasteiger partial charge in [-0.05, 0) is 17.7 Å². The second-order valence-corrected chi connectivity index (χ2v) is 5.54. The summed E-state index contributed by atoms with van der Waals surface area (Å²) < 4.78 is 1.59. The van der Waals surface area contributed by atoms with E-state index in [2.05, 4.69) is 10.4 Å². The molecule has 1 aromatic carbocycles. The highest BCUT2D eigenvalue weighted by Crippen LogP contribution is 2.23. The van der Waals surface area contributed by atoms with Gasteiger partial charge >= 0.3 is 6.03 Å². The van der Waals surface area contributed by atoms with Crippen molar-refractivity contribution in [1.82, 2.24) is 14.7 Å². The van der Waals surface area contributed by atoms with Crippen molar-refractivity contribution in [2.75, 3.05) is 18.5 Å². The molecule has 2 rings (SSSR count). The third kappa shape index (κ3) is 4.37. The van der Waals surface area contributed by atoms with Crippen LogP contribution in [0.5, 0.6) is 0 Å². The van der Waals surface area contributed by atoms with E-state index in [1.165, 1.54) is 4.90 Å². The van der Waals surface area contributed by atoms with Crippen LogP contribution in [0.15, 0.2) is 30.6 Å². The van der Waals surface area contributed by atoms with Crippen LogP contribution in [-0.4, -0.2) is 39.0 Å². The van der Waals surface area contributed by atoms with Crippen molar-refractivity contribution < 1.29 is 9.90 Å². The second kappa shape index (κ2) is 7.49. The third-order valence-electron chi connectivity index (χ3n) is 2.97. The Morgan fingerprint density at radius 2 is 2.18 bits per heavy atom. The molecule has 2 amide bonds. The molecule has 0 spiro atoms. The third-order valence-corrected chi connectivity index (χ3v) is 3.71. The highest BCUT2D eigenvalue weighted by molar-refractivity contribution is 6.42. The molecule has 22 heavy (non-hydrogen) atoms. The molecule has 1 heterocycles. The first-order valence-corrected chi connectivity index (χ1v) is 7.34. The summed E-state index contributed by atoms with van der Waals surface area (Å²) in [5, 5.41) is 16.7. The number of urea groups is 1. The van der Waals surface area contributed by atoms with Gasteiger partial charge in [-0.2, -0.15) is 5.10 Å². The number of aryl methyl sites for hydroxylation is 1. The quantitative estimate of drug-likeness (QED) is 0.877. The van der Waals surface area contributed by atoms with Gasteiger partial charge in [0.25, 0.3) is 0 Å². The fourth-order valence-electron chi connectivity index (χ4n) is 1.92. The van der Waals surface area contributed by atoms with E-state index in [1.807, 2.05) is 0 Å². The summed E-state index contributed by atoms with van der Waals surface area (Å²) in [6.45, 7) is 0.373. The molecule has 0 fully saturated rings. The normalized spacial score (nSPS) is 10.5. The maximum Gasteiger partial charge on any atom is 0.322 e. The number of hydrogen-bond donors (Lipinski definition) is 2. The molecule has 0 unspecified atom stereocenters. The van der Waals surface area contributed by atoms with Crippen LogP contribution in [0, 0.1) is 0 Å². The molecular weight excluding hydrogens is 327 g/mol. The number of hydrogen-bond acceptors (Lipinski definition) is 3. The molecule has 6 nitrogen and oxygen atoms in total. The lowest BCUT2D eigenvalue weighted by molar-refractivity contribution is 0.185. The van der Waals surface area contributed by atoms with Gasteiger partial charge in [0.05, 0.1) is 28.5 Å². The smallest absolute Gasteiger partial charge is 0.322 e. The van der Waals surface area contributed by atoms with E-state index in [1.54, 1.807) is 42.3 Å². The Morgan fingerprint density at radius 1 is 1.41 bits per heavy atom. The molecule has 118 valence electrons. The fourth-order valence-corrected chi connectivity index (χ4v) is 2.24. The molecule has 0 aliphatic heterocycles. The number of carbonyl (C=O) groups excluding carboxylic acids is 1. The molecule has 0 radical (unpaired) electrons. The zero-order valence-corrected chi connectivity index (χ0v) is 13.5. The van der Waals surface area contributed by atoms with Crippen molar-refractivity contribution in [2.45, 2.75) is 6.54 Å². The van der Waals surface area contributed by atoms with Gasteiger partial charge in [-0.15, -0.1) is 0 Å². The molecular formula is C14H16Cl2N4O2. The Balaban J connectivity index is 2.07. The lowest BCUT2D eigenvalue weighted by Gasteiger charge is -2.22. The topological polar surface area (TPSA) is 70.4 Å². The zero-order chi connectivity index (χ0) is 16.1. The van der Waals surface area contributed by atoms with Gasteiger partial charge in [0.15, 0.2) is 0 Å². The van der Waals surface area contributed by atoms with E-state index in [9.17, 15) is 4.79 Å². The van der Waals surface area contributed by atoms with Gasteiger partial charge in [0.1, 0.15) is 0 Å². The highest BCUT2D eigenvalue weighted by Gasteiger charge is 2.15. The number of halogens is 2. The average Bonchev–Trinajstić information content (AvgIpc) is 2.87. The lowest BCUT2D eigenvalue weighted by Crippen LogP contribution is -2.36. The number of benzene rings is 1. The molecule has 2 N–H and O–H groups in total. The first-order valence-electron chi connectivity index (χ1n) is 6.59. The number of nitrogens with zero attached hydrogens (tertiary/aromatic N) is 3. The van der Waals surface area contributed by atoms with Crippen LogP contribution in [-0.2, 0) is 13.6 Å². The Hall–Kier alpha value is -1.76. The molecule has 0 saturated heterocycles. The number of carbonyl (C=O) groups is 1. The summed E-state index contributed by atoms with van der Waals surface area (Å²) in [6.07, 6.45) is 3.24. The average molecular weight is 343 g/mol. The first kappa shape index (κ1) is 16.6. The van der Waals surface area contributed by atoms with Gasteiger partial charge in [0, 0.05) is 26.3 Å². The first-order chi connectivity index (χ1) is 10.5. The van der Waals surface area contributed by atoms with Crippen LogP contribution < -0.4 is 5.32 Å². The monoisotopic (exact) mass is 342 g/mol. The predicted octanol–water partition coefficient (Wildman–Crippen LogP) is 2.75. The number of aromatic nitrogens is 2. The number of anilines is 1. The van der Waals surface area contributed by atoms with Crippen molar-refractivity contribution in [2.24, 2.45) is 7.05 Å². The van der Waals surface area contributed by atoms with Crippen molar-refractivity contribution in [3.05, 3.63) is 46.2 Å².